The number of rotatable bonds is 6. The molecule has 6 nitrogen and oxygen atoms in total. The topological polar surface area (TPSA) is 72.9 Å². The molecule has 40 heavy (non-hydrogen) atoms. The monoisotopic (exact) mass is 571 g/mol. The third-order valence-corrected chi connectivity index (χ3v) is 8.93. The molecule has 210 valence electrons. The van der Waals surface area contributed by atoms with Crippen LogP contribution < -0.4 is 9.04 Å². The van der Waals surface area contributed by atoms with Crippen LogP contribution in [0.5, 0.6) is 5.75 Å². The molecule has 1 atom stereocenters. The molecule has 3 aromatic rings. The lowest BCUT2D eigenvalue weighted by molar-refractivity contribution is -0.141. The number of benzene rings is 3. The van der Waals surface area contributed by atoms with E-state index in [9.17, 15) is 26.4 Å². The molecule has 0 saturated heterocycles. The van der Waals surface area contributed by atoms with Crippen LogP contribution in [-0.2, 0) is 32.2 Å². The lowest BCUT2D eigenvalue weighted by Gasteiger charge is -2.35. The second-order valence-electron chi connectivity index (χ2n) is 9.82. The van der Waals surface area contributed by atoms with Crippen molar-refractivity contribution in [2.75, 3.05) is 18.0 Å². The minimum Gasteiger partial charge on any atom is -0.486 e. The summed E-state index contributed by atoms with van der Waals surface area (Å²) in [6.07, 6.45) is -0.380. The van der Waals surface area contributed by atoms with E-state index >= 15 is 0 Å². The molecule has 0 fully saturated rings. The molecule has 5 rings (SSSR count). The summed E-state index contributed by atoms with van der Waals surface area (Å²) in [6.45, 7) is -0.175. The number of carbonyl (C=O) groups excluding carboxylic acids is 1. The van der Waals surface area contributed by atoms with E-state index in [4.69, 9.17) is 9.47 Å². The van der Waals surface area contributed by atoms with Gasteiger partial charge in [-0.2, -0.15) is 13.2 Å². The Morgan fingerprint density at radius 2 is 1.88 bits per heavy atom. The first kappa shape index (κ1) is 27.8. The number of halogens is 3. The molecule has 2 aliphatic rings. The van der Waals surface area contributed by atoms with Crippen molar-refractivity contribution >= 4 is 33.3 Å². The van der Waals surface area contributed by atoms with Gasteiger partial charge in [-0.05, 0) is 78.3 Å². The van der Waals surface area contributed by atoms with Gasteiger partial charge in [0, 0.05) is 6.42 Å². The van der Waals surface area contributed by atoms with Crippen LogP contribution in [0.1, 0.15) is 47.9 Å². The van der Waals surface area contributed by atoms with Crippen LogP contribution in [0, 0.1) is 0 Å². The molecule has 10 heteroatoms. The third-order valence-electron chi connectivity index (χ3n) is 7.16. The first-order valence-corrected chi connectivity index (χ1v) is 14.4. The number of allylic oxidation sites excluding steroid dienone is 1. The van der Waals surface area contributed by atoms with Gasteiger partial charge < -0.3 is 9.47 Å². The van der Waals surface area contributed by atoms with E-state index in [-0.39, 0.29) is 30.8 Å². The summed E-state index contributed by atoms with van der Waals surface area (Å²) in [4.78, 5) is 11.3. The molecular weight excluding hydrogens is 543 g/mol. The Morgan fingerprint density at radius 1 is 1.07 bits per heavy atom. The van der Waals surface area contributed by atoms with Crippen molar-refractivity contribution in [3.05, 3.63) is 89.0 Å². The highest BCUT2D eigenvalue weighted by Gasteiger charge is 2.37. The van der Waals surface area contributed by atoms with E-state index in [1.807, 2.05) is 24.3 Å². The summed E-state index contributed by atoms with van der Waals surface area (Å²) in [7, 11) is -3.16. The van der Waals surface area contributed by atoms with Gasteiger partial charge in [0.05, 0.1) is 29.8 Å². The maximum Gasteiger partial charge on any atom is 0.416 e. The zero-order valence-electron chi connectivity index (χ0n) is 21.8. The van der Waals surface area contributed by atoms with Crippen molar-refractivity contribution in [2.24, 2.45) is 0 Å². The van der Waals surface area contributed by atoms with Gasteiger partial charge in [0.1, 0.15) is 11.9 Å². The Morgan fingerprint density at radius 3 is 2.65 bits per heavy atom. The van der Waals surface area contributed by atoms with Gasteiger partial charge >= 0.3 is 12.1 Å². The first-order valence-electron chi connectivity index (χ1n) is 12.9. The lowest BCUT2D eigenvalue weighted by Crippen LogP contribution is -2.43. The largest absolute Gasteiger partial charge is 0.486 e. The lowest BCUT2D eigenvalue weighted by atomic mass is 9.86. The van der Waals surface area contributed by atoms with Gasteiger partial charge in [-0.3, -0.25) is 9.10 Å². The molecule has 0 bridgehead atoms. The van der Waals surface area contributed by atoms with Crippen LogP contribution in [-0.4, -0.2) is 34.1 Å². The van der Waals surface area contributed by atoms with Gasteiger partial charge in [-0.15, -0.1) is 0 Å². The van der Waals surface area contributed by atoms with Crippen LogP contribution in [0.15, 0.2) is 71.6 Å². The summed E-state index contributed by atoms with van der Waals surface area (Å²) in [6, 6.07) is 17.0. The fourth-order valence-corrected chi connectivity index (χ4v) is 6.69. The van der Waals surface area contributed by atoms with Crippen molar-refractivity contribution in [1.29, 1.82) is 0 Å². The molecular formula is C30H28F3NO5S. The fourth-order valence-electron chi connectivity index (χ4n) is 5.14. The van der Waals surface area contributed by atoms with Crippen LogP contribution in [0.4, 0.5) is 18.9 Å². The summed E-state index contributed by atoms with van der Waals surface area (Å²) < 4.78 is 79.7. The number of methoxy groups -OCH3 is 1. The Kier molecular flexibility index (Phi) is 7.63. The number of ether oxygens (including phenoxy) is 2. The van der Waals surface area contributed by atoms with E-state index in [1.54, 1.807) is 12.1 Å². The zero-order chi connectivity index (χ0) is 28.5. The average Bonchev–Trinajstić information content (AvgIpc) is 2.95. The van der Waals surface area contributed by atoms with E-state index in [1.165, 1.54) is 12.7 Å². The Hall–Kier alpha value is -3.79. The maximum absolute atomic E-state index is 13.8. The maximum atomic E-state index is 13.8. The fraction of sp³-hybridized carbons (Fsp3) is 0.300. The van der Waals surface area contributed by atoms with Crippen molar-refractivity contribution in [3.63, 3.8) is 0 Å². The molecule has 0 spiro atoms. The number of hydrogen-bond acceptors (Lipinski definition) is 5. The normalized spacial score (nSPS) is 18.1. The average molecular weight is 572 g/mol. The number of esters is 1. The highest BCUT2D eigenvalue weighted by Crippen LogP contribution is 2.41. The van der Waals surface area contributed by atoms with Crippen molar-refractivity contribution in [1.82, 2.24) is 0 Å². The van der Waals surface area contributed by atoms with Gasteiger partial charge in [-0.25, -0.2) is 8.42 Å². The molecule has 0 aromatic heterocycles. The number of sulfonamides is 1. The second-order valence-corrected chi connectivity index (χ2v) is 11.7. The molecule has 1 heterocycles. The molecule has 0 amide bonds. The summed E-state index contributed by atoms with van der Waals surface area (Å²) in [5.41, 5.74) is 3.44. The van der Waals surface area contributed by atoms with Gasteiger partial charge in [0.15, 0.2) is 0 Å². The van der Waals surface area contributed by atoms with Crippen LogP contribution in [0.25, 0.3) is 11.6 Å². The number of alkyl halides is 3. The molecule has 0 radical (unpaired) electrons. The minimum absolute atomic E-state index is 0.00244. The number of hydrogen-bond donors (Lipinski definition) is 0. The SMILES string of the molecule is COC(=O)CC[C@H]1CN(S(=O)(=O)c2cccc(C(F)(F)F)c2)c2cc(/C=C3\CCCc4ccccc43)ccc2O1. The van der Waals surface area contributed by atoms with Gasteiger partial charge in [-0.1, -0.05) is 42.5 Å². The van der Waals surface area contributed by atoms with Gasteiger partial charge in [0.25, 0.3) is 10.0 Å². The second kappa shape index (κ2) is 11.0. The van der Waals surface area contributed by atoms with E-state index in [2.05, 4.69) is 12.1 Å². The van der Waals surface area contributed by atoms with Crippen molar-refractivity contribution < 1.29 is 35.9 Å². The third kappa shape index (κ3) is 5.72. The van der Waals surface area contributed by atoms with Crippen LogP contribution in [0.3, 0.4) is 0 Å². The Bertz CT molecular complexity index is 1570. The number of nitrogens with zero attached hydrogens (tertiary/aromatic N) is 1. The quantitative estimate of drug-likeness (QED) is 0.316. The Balaban J connectivity index is 1.56. The first-order chi connectivity index (χ1) is 19.1. The molecule has 0 unspecified atom stereocenters. The highest BCUT2D eigenvalue weighted by molar-refractivity contribution is 7.92. The van der Waals surface area contributed by atoms with Crippen molar-refractivity contribution in [2.45, 2.75) is 49.3 Å². The van der Waals surface area contributed by atoms with Crippen molar-refractivity contribution in [3.8, 4) is 5.75 Å². The van der Waals surface area contributed by atoms with Crippen LogP contribution in [0.2, 0.25) is 0 Å². The predicted molar refractivity (Wildman–Crippen MR) is 145 cm³/mol. The molecule has 0 saturated carbocycles. The smallest absolute Gasteiger partial charge is 0.416 e. The number of anilines is 1. The summed E-state index contributed by atoms with van der Waals surface area (Å²) in [5, 5.41) is 0. The van der Waals surface area contributed by atoms with E-state index < -0.39 is 38.7 Å². The van der Waals surface area contributed by atoms with Crippen LogP contribution >= 0.6 is 0 Å². The standard InChI is InChI=1S/C30H28F3NO5S/c1-38-29(35)15-13-24-19-34(40(36,37)25-10-5-9-23(18-25)30(31,32)33)27-17-20(12-14-28(27)39-24)16-22-8-4-7-21-6-2-3-11-26(21)22/h2-3,5-6,9-12,14,16-18,24H,4,7-8,13,15,19H2,1H3/b22-16+/t24-/m0/s1. The minimum atomic E-state index is -4.70. The van der Waals surface area contributed by atoms with E-state index in [0.29, 0.717) is 6.07 Å². The number of carbonyl (C=O) groups is 1. The van der Waals surface area contributed by atoms with E-state index in [0.717, 1.165) is 58.5 Å². The molecule has 0 N–H and O–H groups in total. The highest BCUT2D eigenvalue weighted by atomic mass is 32.2. The predicted octanol–water partition coefficient (Wildman–Crippen LogP) is 6.49. The molecule has 3 aromatic carbocycles. The van der Waals surface area contributed by atoms with Gasteiger partial charge in [0.2, 0.25) is 0 Å². The molecule has 1 aliphatic heterocycles. The zero-order valence-corrected chi connectivity index (χ0v) is 22.6. The summed E-state index contributed by atoms with van der Waals surface area (Å²) in [5.74, 6) is -0.209. The summed E-state index contributed by atoms with van der Waals surface area (Å²) >= 11 is 0. The molecule has 1 aliphatic carbocycles. The Labute approximate surface area is 231 Å². The number of aryl methyl sites for hydroxylation is 1. The number of fused-ring (bicyclic) bond motifs is 2.